The van der Waals surface area contributed by atoms with Crippen LogP contribution in [0.2, 0.25) is 0 Å². The maximum Gasteiger partial charge on any atom is 0.492 e. The van der Waals surface area contributed by atoms with Crippen molar-refractivity contribution in [3.8, 4) is 11.6 Å². The number of aromatic nitrogens is 1. The number of hydrogen-bond acceptors (Lipinski definition) is 6. The van der Waals surface area contributed by atoms with Gasteiger partial charge in [0.05, 0.1) is 11.7 Å². The topological polar surface area (TPSA) is 112 Å². The fourth-order valence-electron chi connectivity index (χ4n) is 2.76. The number of fused-ring (bicyclic) bond motifs is 1. The van der Waals surface area contributed by atoms with E-state index < -0.39 is 19.1 Å². The average molecular weight is 326 g/mol. The Bertz CT molecular complexity index is 794. The number of primary amides is 1. The summed E-state index contributed by atoms with van der Waals surface area (Å²) < 4.78 is 11.1. The lowest BCUT2D eigenvalue weighted by Gasteiger charge is -2.13. The van der Waals surface area contributed by atoms with E-state index in [1.807, 2.05) is 6.92 Å². The van der Waals surface area contributed by atoms with Gasteiger partial charge in [-0.05, 0) is 41.7 Å². The largest absolute Gasteiger partial charge is 0.492 e. The standard InChI is InChI=1S/C16H15BN2O5/c1-9-6-11(23-14-3-2-10(8-19-14)16(18)21)7-12-15(9)13(4-5-20)24-17(12)22/h2-3,5-8,13,22H,4H2,1H3,(H2,18,21). The minimum atomic E-state index is -1.10. The van der Waals surface area contributed by atoms with Gasteiger partial charge in [-0.3, -0.25) is 4.79 Å². The Labute approximate surface area is 138 Å². The van der Waals surface area contributed by atoms with Crippen LogP contribution in [0.4, 0.5) is 0 Å². The van der Waals surface area contributed by atoms with Crippen LogP contribution in [-0.2, 0) is 9.45 Å². The van der Waals surface area contributed by atoms with Gasteiger partial charge in [-0.25, -0.2) is 4.98 Å². The molecule has 0 spiro atoms. The van der Waals surface area contributed by atoms with E-state index in [1.54, 1.807) is 12.1 Å². The van der Waals surface area contributed by atoms with Crippen LogP contribution in [-0.4, -0.2) is 29.3 Å². The maximum atomic E-state index is 11.0. The number of ether oxygens (including phenoxy) is 1. The zero-order valence-corrected chi connectivity index (χ0v) is 12.9. The van der Waals surface area contributed by atoms with E-state index >= 15 is 0 Å². The Kier molecular flexibility index (Phi) is 4.33. The molecule has 3 N–H and O–H groups in total. The number of carbonyl (C=O) groups is 2. The van der Waals surface area contributed by atoms with E-state index in [-0.39, 0.29) is 17.9 Å². The maximum absolute atomic E-state index is 11.0. The van der Waals surface area contributed by atoms with Crippen LogP contribution in [0.15, 0.2) is 30.5 Å². The number of carbonyl (C=O) groups excluding carboxylic acids is 2. The molecule has 8 heteroatoms. The summed E-state index contributed by atoms with van der Waals surface area (Å²) in [6.07, 6.45) is 1.83. The molecule has 1 aliphatic heterocycles. The second-order valence-electron chi connectivity index (χ2n) is 5.47. The molecule has 7 nitrogen and oxygen atoms in total. The van der Waals surface area contributed by atoms with Crippen molar-refractivity contribution in [1.29, 1.82) is 0 Å². The van der Waals surface area contributed by atoms with E-state index in [0.29, 0.717) is 11.2 Å². The van der Waals surface area contributed by atoms with E-state index in [1.165, 1.54) is 18.3 Å². The first-order chi connectivity index (χ1) is 11.5. The van der Waals surface area contributed by atoms with Gasteiger partial charge in [0.2, 0.25) is 11.8 Å². The van der Waals surface area contributed by atoms with Crippen molar-refractivity contribution in [3.05, 3.63) is 47.2 Å². The van der Waals surface area contributed by atoms with Crippen LogP contribution in [0, 0.1) is 6.92 Å². The van der Waals surface area contributed by atoms with Gasteiger partial charge in [-0.15, -0.1) is 0 Å². The number of pyridine rings is 1. The summed E-state index contributed by atoms with van der Waals surface area (Å²) in [5.74, 6) is 0.195. The van der Waals surface area contributed by atoms with Gasteiger partial charge in [0.1, 0.15) is 12.0 Å². The van der Waals surface area contributed by atoms with Crippen LogP contribution < -0.4 is 15.9 Å². The number of amides is 1. The van der Waals surface area contributed by atoms with E-state index in [4.69, 9.17) is 15.1 Å². The molecule has 0 aliphatic carbocycles. The summed E-state index contributed by atoms with van der Waals surface area (Å²) in [5, 5.41) is 10.0. The molecule has 0 fully saturated rings. The van der Waals surface area contributed by atoms with Crippen molar-refractivity contribution in [2.75, 3.05) is 0 Å². The lowest BCUT2D eigenvalue weighted by atomic mass is 9.77. The van der Waals surface area contributed by atoms with Gasteiger partial charge in [0.25, 0.3) is 0 Å². The first-order valence-electron chi connectivity index (χ1n) is 7.35. The van der Waals surface area contributed by atoms with Crippen molar-refractivity contribution in [1.82, 2.24) is 4.98 Å². The third-order valence-corrected chi connectivity index (χ3v) is 3.83. The molecule has 1 aromatic carbocycles. The minimum Gasteiger partial charge on any atom is -0.439 e. The fourth-order valence-corrected chi connectivity index (χ4v) is 2.76. The molecule has 2 aromatic rings. The van der Waals surface area contributed by atoms with Gasteiger partial charge in [0.15, 0.2) is 0 Å². The van der Waals surface area contributed by atoms with Gasteiger partial charge in [-0.1, -0.05) is 0 Å². The third-order valence-electron chi connectivity index (χ3n) is 3.83. The summed E-state index contributed by atoms with van der Waals surface area (Å²) >= 11 is 0. The Hall–Kier alpha value is -2.71. The Morgan fingerprint density at radius 2 is 2.29 bits per heavy atom. The highest BCUT2D eigenvalue weighted by atomic mass is 16.5. The number of benzene rings is 1. The number of rotatable bonds is 5. The lowest BCUT2D eigenvalue weighted by molar-refractivity contribution is -0.109. The normalized spacial score (nSPS) is 15.9. The van der Waals surface area contributed by atoms with Crippen molar-refractivity contribution < 1.29 is 24.0 Å². The van der Waals surface area contributed by atoms with Crippen LogP contribution >= 0.6 is 0 Å². The predicted molar refractivity (Wildman–Crippen MR) is 86.1 cm³/mol. The van der Waals surface area contributed by atoms with E-state index in [9.17, 15) is 14.6 Å². The molecular formula is C16H15BN2O5. The molecule has 0 saturated carbocycles. The third kappa shape index (κ3) is 3.01. The zero-order chi connectivity index (χ0) is 17.3. The molecule has 2 heterocycles. The number of nitrogens with two attached hydrogens (primary N) is 1. The molecule has 1 unspecified atom stereocenters. The second kappa shape index (κ2) is 6.42. The van der Waals surface area contributed by atoms with Crippen molar-refractivity contribution in [2.45, 2.75) is 19.4 Å². The van der Waals surface area contributed by atoms with Gasteiger partial charge < -0.3 is 24.9 Å². The van der Waals surface area contributed by atoms with Gasteiger partial charge in [0, 0.05) is 18.7 Å². The van der Waals surface area contributed by atoms with Gasteiger partial charge >= 0.3 is 7.12 Å². The Balaban J connectivity index is 1.88. The summed E-state index contributed by atoms with van der Waals surface area (Å²) in [7, 11) is -1.10. The number of aldehydes is 1. The summed E-state index contributed by atoms with van der Waals surface area (Å²) in [4.78, 5) is 25.8. The molecule has 1 amide bonds. The zero-order valence-electron chi connectivity index (χ0n) is 12.9. The highest BCUT2D eigenvalue weighted by Crippen LogP contribution is 2.32. The second-order valence-corrected chi connectivity index (χ2v) is 5.47. The number of aryl methyl sites for hydroxylation is 1. The Morgan fingerprint density at radius 3 is 2.92 bits per heavy atom. The number of hydrogen-bond donors (Lipinski definition) is 2. The minimum absolute atomic E-state index is 0.182. The summed E-state index contributed by atoms with van der Waals surface area (Å²) in [6.45, 7) is 1.86. The Morgan fingerprint density at radius 1 is 1.50 bits per heavy atom. The molecule has 1 atom stereocenters. The average Bonchev–Trinajstić information content (AvgIpc) is 2.85. The quantitative estimate of drug-likeness (QED) is 0.616. The molecule has 3 rings (SSSR count). The smallest absolute Gasteiger partial charge is 0.439 e. The molecule has 24 heavy (non-hydrogen) atoms. The van der Waals surface area contributed by atoms with Crippen LogP contribution in [0.1, 0.15) is 34.0 Å². The predicted octanol–water partition coefficient (Wildman–Crippen LogP) is 0.629. The first-order valence-corrected chi connectivity index (χ1v) is 7.35. The van der Waals surface area contributed by atoms with Gasteiger partial charge in [-0.2, -0.15) is 0 Å². The van der Waals surface area contributed by atoms with E-state index in [0.717, 1.165) is 17.4 Å². The lowest BCUT2D eigenvalue weighted by Crippen LogP contribution is -2.28. The molecule has 0 radical (unpaired) electrons. The fraction of sp³-hybridized carbons (Fsp3) is 0.188. The van der Waals surface area contributed by atoms with Crippen LogP contribution in [0.25, 0.3) is 0 Å². The molecule has 0 bridgehead atoms. The summed E-state index contributed by atoms with van der Waals surface area (Å²) in [5.41, 5.74) is 7.68. The number of nitrogens with zero attached hydrogens (tertiary/aromatic N) is 1. The van der Waals surface area contributed by atoms with Crippen molar-refractivity contribution in [3.63, 3.8) is 0 Å². The molecule has 0 saturated heterocycles. The molecule has 1 aromatic heterocycles. The van der Waals surface area contributed by atoms with E-state index in [2.05, 4.69) is 4.98 Å². The monoisotopic (exact) mass is 326 g/mol. The first kappa shape index (κ1) is 16.2. The van der Waals surface area contributed by atoms with Crippen molar-refractivity contribution in [2.24, 2.45) is 5.73 Å². The van der Waals surface area contributed by atoms with Crippen LogP contribution in [0.3, 0.4) is 0 Å². The SMILES string of the molecule is Cc1cc(Oc2ccc(C(N)=O)cn2)cc2c1C(CC=O)OB2O. The molecule has 122 valence electrons. The molecule has 1 aliphatic rings. The summed E-state index contributed by atoms with van der Waals surface area (Å²) in [6, 6.07) is 6.48. The van der Waals surface area contributed by atoms with Crippen molar-refractivity contribution >= 4 is 24.8 Å². The highest BCUT2D eigenvalue weighted by Gasteiger charge is 2.36. The van der Waals surface area contributed by atoms with Crippen LogP contribution in [0.5, 0.6) is 11.6 Å². The highest BCUT2D eigenvalue weighted by molar-refractivity contribution is 6.62. The molecular weight excluding hydrogens is 311 g/mol.